The molecule has 1 N–H and O–H groups in total. The number of amides is 1. The zero-order valence-corrected chi connectivity index (χ0v) is 7.68. The van der Waals surface area contributed by atoms with Crippen molar-refractivity contribution in [1.82, 2.24) is 15.3 Å². The van der Waals surface area contributed by atoms with Gasteiger partial charge in [-0.3, -0.25) is 4.79 Å². The smallest absolute Gasteiger partial charge is 0.269 e. The zero-order chi connectivity index (χ0) is 8.97. The lowest BCUT2D eigenvalue weighted by atomic mass is 10.4. The van der Waals surface area contributed by atoms with Gasteiger partial charge < -0.3 is 5.32 Å². The first-order chi connectivity index (χ1) is 5.77. The fourth-order valence-corrected chi connectivity index (χ4v) is 1.05. The fourth-order valence-electron chi connectivity index (χ4n) is 0.694. The van der Waals surface area contributed by atoms with Crippen LogP contribution in [0, 0.1) is 0 Å². The molecule has 4 nitrogen and oxygen atoms in total. The molecule has 0 aliphatic rings. The summed E-state index contributed by atoms with van der Waals surface area (Å²) >= 11 is 1.41. The third kappa shape index (κ3) is 1.94. The van der Waals surface area contributed by atoms with Crippen LogP contribution in [0.2, 0.25) is 0 Å². The highest BCUT2D eigenvalue weighted by Crippen LogP contribution is 2.06. The number of aromatic nitrogens is 2. The molecule has 12 heavy (non-hydrogen) atoms. The van der Waals surface area contributed by atoms with Crippen LogP contribution in [0.15, 0.2) is 17.4 Å². The lowest BCUT2D eigenvalue weighted by molar-refractivity contribution is 0.0957. The Kier molecular flexibility index (Phi) is 3.04. The van der Waals surface area contributed by atoms with E-state index in [9.17, 15) is 4.79 Å². The van der Waals surface area contributed by atoms with Crippen LogP contribution in [0.3, 0.4) is 0 Å². The average molecular weight is 183 g/mol. The predicted octanol–water partition coefficient (Wildman–Crippen LogP) is 0.558. The van der Waals surface area contributed by atoms with Gasteiger partial charge in [-0.1, -0.05) is 11.8 Å². The van der Waals surface area contributed by atoms with Gasteiger partial charge in [-0.25, -0.2) is 9.97 Å². The number of thioether (sulfide) groups is 1. The topological polar surface area (TPSA) is 54.9 Å². The van der Waals surface area contributed by atoms with Gasteiger partial charge in [0.25, 0.3) is 5.91 Å². The number of carbonyl (C=O) groups excluding carboxylic acids is 1. The van der Waals surface area contributed by atoms with E-state index in [-0.39, 0.29) is 5.91 Å². The molecule has 1 aromatic heterocycles. The Hall–Kier alpha value is -1.10. The third-order valence-corrected chi connectivity index (χ3v) is 1.84. The maximum absolute atomic E-state index is 11.1. The van der Waals surface area contributed by atoms with E-state index >= 15 is 0 Å². The molecule has 1 heterocycles. The van der Waals surface area contributed by atoms with Crippen LogP contribution in [0.1, 0.15) is 10.5 Å². The molecular weight excluding hydrogens is 174 g/mol. The summed E-state index contributed by atoms with van der Waals surface area (Å²) in [5.74, 6) is -0.187. The van der Waals surface area contributed by atoms with Crippen molar-refractivity contribution in [2.45, 2.75) is 5.16 Å². The van der Waals surface area contributed by atoms with Gasteiger partial charge in [-0.2, -0.15) is 0 Å². The van der Waals surface area contributed by atoms with Gasteiger partial charge in [0, 0.05) is 13.2 Å². The molecule has 0 saturated heterocycles. The number of hydrogen-bond donors (Lipinski definition) is 1. The summed E-state index contributed by atoms with van der Waals surface area (Å²) < 4.78 is 0. The zero-order valence-electron chi connectivity index (χ0n) is 6.87. The second-order valence-electron chi connectivity index (χ2n) is 2.01. The van der Waals surface area contributed by atoms with Crippen molar-refractivity contribution in [3.05, 3.63) is 18.0 Å². The molecule has 0 atom stereocenters. The summed E-state index contributed by atoms with van der Waals surface area (Å²) in [6.07, 6.45) is 3.44. The van der Waals surface area contributed by atoms with Crippen LogP contribution >= 0.6 is 11.8 Å². The van der Waals surface area contributed by atoms with Gasteiger partial charge >= 0.3 is 0 Å². The van der Waals surface area contributed by atoms with Gasteiger partial charge in [-0.05, 0) is 12.3 Å². The van der Waals surface area contributed by atoms with E-state index in [2.05, 4.69) is 15.3 Å². The van der Waals surface area contributed by atoms with Crippen LogP contribution in [-0.2, 0) is 0 Å². The molecule has 64 valence electrons. The summed E-state index contributed by atoms with van der Waals surface area (Å²) in [6.45, 7) is 0. The second-order valence-corrected chi connectivity index (χ2v) is 2.78. The van der Waals surface area contributed by atoms with Crippen LogP contribution in [0.4, 0.5) is 0 Å². The number of nitrogens with one attached hydrogen (secondary N) is 1. The van der Waals surface area contributed by atoms with E-state index in [4.69, 9.17) is 0 Å². The van der Waals surface area contributed by atoms with Crippen molar-refractivity contribution in [3.63, 3.8) is 0 Å². The second kappa shape index (κ2) is 4.06. The molecule has 0 saturated carbocycles. The van der Waals surface area contributed by atoms with Crippen molar-refractivity contribution in [2.24, 2.45) is 0 Å². The fraction of sp³-hybridized carbons (Fsp3) is 0.286. The Morgan fingerprint density at radius 2 is 2.42 bits per heavy atom. The molecule has 0 aromatic carbocycles. The van der Waals surface area contributed by atoms with Crippen molar-refractivity contribution in [1.29, 1.82) is 0 Å². The molecule has 0 aliphatic carbocycles. The SMILES string of the molecule is CNC(=O)c1ccnc(SC)n1. The molecule has 0 unspecified atom stereocenters. The highest BCUT2D eigenvalue weighted by Gasteiger charge is 2.04. The van der Waals surface area contributed by atoms with Gasteiger partial charge in [0.2, 0.25) is 0 Å². The molecule has 1 rings (SSSR count). The average Bonchev–Trinajstić information content (AvgIpc) is 2.17. The number of nitrogens with zero attached hydrogens (tertiary/aromatic N) is 2. The first kappa shape index (κ1) is 8.99. The quantitative estimate of drug-likeness (QED) is 0.537. The van der Waals surface area contributed by atoms with Gasteiger partial charge in [0.1, 0.15) is 5.69 Å². The minimum Gasteiger partial charge on any atom is -0.354 e. The first-order valence-electron chi connectivity index (χ1n) is 3.37. The Labute approximate surface area is 74.8 Å². The van der Waals surface area contributed by atoms with E-state index in [0.29, 0.717) is 10.9 Å². The number of rotatable bonds is 2. The molecule has 0 bridgehead atoms. The van der Waals surface area contributed by atoms with E-state index in [0.717, 1.165) is 0 Å². The molecular formula is C7H9N3OS. The highest BCUT2D eigenvalue weighted by atomic mass is 32.2. The molecule has 1 aromatic rings. The third-order valence-electron chi connectivity index (χ3n) is 1.28. The van der Waals surface area contributed by atoms with E-state index in [1.54, 1.807) is 19.3 Å². The molecule has 0 aliphatic heterocycles. The standard InChI is InChI=1S/C7H9N3OS/c1-8-6(11)5-3-4-9-7(10-5)12-2/h3-4H,1-2H3,(H,8,11). The maximum Gasteiger partial charge on any atom is 0.269 e. The first-order valence-corrected chi connectivity index (χ1v) is 4.59. The number of hydrogen-bond acceptors (Lipinski definition) is 4. The Bertz CT molecular complexity index is 290. The molecule has 0 spiro atoms. The molecule has 1 amide bonds. The molecule has 0 radical (unpaired) electrons. The van der Waals surface area contributed by atoms with Crippen molar-refractivity contribution >= 4 is 17.7 Å². The largest absolute Gasteiger partial charge is 0.354 e. The van der Waals surface area contributed by atoms with Crippen molar-refractivity contribution in [2.75, 3.05) is 13.3 Å². The summed E-state index contributed by atoms with van der Waals surface area (Å²) in [7, 11) is 1.57. The van der Waals surface area contributed by atoms with Crippen molar-refractivity contribution < 1.29 is 4.79 Å². The van der Waals surface area contributed by atoms with Crippen LogP contribution in [0.25, 0.3) is 0 Å². The van der Waals surface area contributed by atoms with Gasteiger partial charge in [-0.15, -0.1) is 0 Å². The van der Waals surface area contributed by atoms with Crippen LogP contribution < -0.4 is 5.32 Å². The number of carbonyl (C=O) groups is 1. The Morgan fingerprint density at radius 1 is 1.67 bits per heavy atom. The van der Waals surface area contributed by atoms with E-state index in [1.165, 1.54) is 11.8 Å². The summed E-state index contributed by atoms with van der Waals surface area (Å²) in [5.41, 5.74) is 0.400. The monoisotopic (exact) mass is 183 g/mol. The summed E-state index contributed by atoms with van der Waals surface area (Å²) in [5, 5.41) is 3.10. The van der Waals surface area contributed by atoms with Crippen molar-refractivity contribution in [3.8, 4) is 0 Å². The van der Waals surface area contributed by atoms with Crippen LogP contribution in [0.5, 0.6) is 0 Å². The van der Waals surface area contributed by atoms with Crippen LogP contribution in [-0.4, -0.2) is 29.2 Å². The maximum atomic E-state index is 11.1. The summed E-state index contributed by atoms with van der Waals surface area (Å²) in [6, 6.07) is 1.58. The predicted molar refractivity (Wildman–Crippen MR) is 47.2 cm³/mol. The minimum atomic E-state index is -0.187. The molecule has 0 fully saturated rings. The van der Waals surface area contributed by atoms with Gasteiger partial charge in [0.15, 0.2) is 5.16 Å². The van der Waals surface area contributed by atoms with E-state index in [1.807, 2.05) is 6.26 Å². The lowest BCUT2D eigenvalue weighted by Crippen LogP contribution is -2.19. The minimum absolute atomic E-state index is 0.187. The highest BCUT2D eigenvalue weighted by molar-refractivity contribution is 7.98. The van der Waals surface area contributed by atoms with E-state index < -0.39 is 0 Å². The summed E-state index contributed by atoms with van der Waals surface area (Å²) in [4.78, 5) is 19.0. The Balaban J connectivity index is 2.93. The lowest BCUT2D eigenvalue weighted by Gasteiger charge is -1.98. The van der Waals surface area contributed by atoms with Gasteiger partial charge in [0.05, 0.1) is 0 Å². The Morgan fingerprint density at radius 3 is 3.00 bits per heavy atom. The normalized spacial score (nSPS) is 9.50. The molecule has 5 heteroatoms.